The summed E-state index contributed by atoms with van der Waals surface area (Å²) in [5.41, 5.74) is 2.25. The molecule has 0 saturated heterocycles. The van der Waals surface area contributed by atoms with Gasteiger partial charge in [0.2, 0.25) is 0 Å². The number of esters is 1. The molecule has 62 valence electrons. The predicted octanol–water partition coefficient (Wildman–Crippen LogP) is -1.38. The average molecular weight is 150 g/mol. The van der Waals surface area contributed by atoms with E-state index in [2.05, 4.69) is 16.0 Å². The van der Waals surface area contributed by atoms with E-state index in [1.54, 1.807) is 14.0 Å². The molecule has 0 aliphatic carbocycles. The van der Waals surface area contributed by atoms with Gasteiger partial charge in [0.1, 0.15) is 6.61 Å². The van der Waals surface area contributed by atoms with E-state index < -0.39 is 12.6 Å². The smallest absolute Gasteiger partial charge is 0.331 e. The Labute approximate surface area is 60.1 Å². The fourth-order valence-electron chi connectivity index (χ4n) is 0.207. The first-order chi connectivity index (χ1) is 4.72. The predicted molar refractivity (Wildman–Crippen MR) is 37.0 cm³/mol. The van der Waals surface area contributed by atoms with E-state index in [0.717, 1.165) is 0 Å². The fourth-order valence-corrected chi connectivity index (χ4v) is 0.207. The molecule has 0 aromatic rings. The third kappa shape index (κ3) is 15.7. The van der Waals surface area contributed by atoms with Gasteiger partial charge in [0.15, 0.2) is 0 Å². The molecule has 0 atom stereocenters. The molecule has 0 rings (SSSR count). The highest BCUT2D eigenvalue weighted by Gasteiger charge is 1.92. The Morgan fingerprint density at radius 1 is 1.80 bits per heavy atom. The maximum atomic E-state index is 9.94. The van der Waals surface area contributed by atoms with Crippen molar-refractivity contribution in [2.24, 2.45) is 5.84 Å². The molecule has 0 aliphatic rings. The summed E-state index contributed by atoms with van der Waals surface area (Å²) in [6.45, 7) is 1.50. The van der Waals surface area contributed by atoms with E-state index in [9.17, 15) is 4.79 Å². The number of carbonyl (C=O) groups excluding carboxylic acids is 1. The van der Waals surface area contributed by atoms with Crippen molar-refractivity contribution in [1.82, 2.24) is 5.43 Å². The normalized spacial score (nSPS) is 7.60. The molecular formula is C5H14N2O3. The first kappa shape index (κ1) is 12.1. The van der Waals surface area contributed by atoms with Gasteiger partial charge in [-0.1, -0.05) is 0 Å². The topological polar surface area (TPSA) is 84.6 Å². The average Bonchev–Trinajstić information content (AvgIpc) is 1.90. The maximum Gasteiger partial charge on any atom is 0.331 e. The summed E-state index contributed by atoms with van der Waals surface area (Å²) in [6.07, 6.45) is 0. The molecule has 5 nitrogen and oxygen atoms in total. The highest BCUT2D eigenvalue weighted by Crippen LogP contribution is 1.71. The van der Waals surface area contributed by atoms with Crippen LogP contribution in [0.3, 0.4) is 0 Å². The minimum atomic E-state index is -0.567. The van der Waals surface area contributed by atoms with Crippen molar-refractivity contribution in [3.8, 4) is 0 Å². The van der Waals surface area contributed by atoms with E-state index in [-0.39, 0.29) is 0 Å². The second-order valence-electron chi connectivity index (χ2n) is 1.25. The summed E-state index contributed by atoms with van der Waals surface area (Å²) < 4.78 is 4.30. The van der Waals surface area contributed by atoms with Crippen LogP contribution in [-0.4, -0.2) is 31.3 Å². The lowest BCUT2D eigenvalue weighted by molar-refractivity contribution is -0.146. The van der Waals surface area contributed by atoms with Crippen LogP contribution in [0.5, 0.6) is 0 Å². The molecule has 0 aromatic heterocycles. The number of aliphatic hydroxyl groups is 1. The Morgan fingerprint density at radius 2 is 2.20 bits per heavy atom. The molecule has 5 heteroatoms. The minimum absolute atomic E-state index is 0.333. The third-order valence-electron chi connectivity index (χ3n) is 0.434. The second-order valence-corrected chi connectivity index (χ2v) is 1.25. The Morgan fingerprint density at radius 3 is 2.30 bits per heavy atom. The summed E-state index contributed by atoms with van der Waals surface area (Å²) in [5.74, 6) is 4.03. The Kier molecular flexibility index (Phi) is 13.5. The lowest BCUT2D eigenvalue weighted by Gasteiger charge is -1.93. The van der Waals surface area contributed by atoms with Crippen LogP contribution in [-0.2, 0) is 9.53 Å². The zero-order valence-corrected chi connectivity index (χ0v) is 6.26. The van der Waals surface area contributed by atoms with Gasteiger partial charge in [-0.05, 0) is 14.0 Å². The van der Waals surface area contributed by atoms with Crippen LogP contribution in [0, 0.1) is 0 Å². The van der Waals surface area contributed by atoms with Crippen LogP contribution in [0.4, 0.5) is 0 Å². The number of rotatable bonds is 2. The summed E-state index contributed by atoms with van der Waals surface area (Å²) in [6, 6.07) is 0. The number of carbonyl (C=O) groups is 1. The van der Waals surface area contributed by atoms with E-state index in [1.165, 1.54) is 0 Å². The van der Waals surface area contributed by atoms with Gasteiger partial charge in [-0.3, -0.25) is 11.3 Å². The first-order valence-electron chi connectivity index (χ1n) is 2.86. The molecule has 10 heavy (non-hydrogen) atoms. The van der Waals surface area contributed by atoms with Crippen molar-refractivity contribution >= 4 is 5.97 Å². The van der Waals surface area contributed by atoms with Crippen LogP contribution in [0.15, 0.2) is 0 Å². The molecule has 0 bridgehead atoms. The van der Waals surface area contributed by atoms with Crippen molar-refractivity contribution in [3.05, 3.63) is 0 Å². The molecule has 0 aromatic carbocycles. The third-order valence-corrected chi connectivity index (χ3v) is 0.434. The Hall–Kier alpha value is -0.650. The highest BCUT2D eigenvalue weighted by molar-refractivity contribution is 5.70. The Bertz CT molecular complexity index is 77.3. The van der Waals surface area contributed by atoms with Crippen LogP contribution in [0.2, 0.25) is 0 Å². The van der Waals surface area contributed by atoms with Gasteiger partial charge in [-0.15, -0.1) is 0 Å². The molecule has 0 aliphatic heterocycles. The zero-order valence-electron chi connectivity index (χ0n) is 6.26. The molecule has 0 heterocycles. The zero-order chi connectivity index (χ0) is 8.41. The van der Waals surface area contributed by atoms with E-state index in [4.69, 9.17) is 5.11 Å². The van der Waals surface area contributed by atoms with E-state index >= 15 is 0 Å². The minimum Gasteiger partial charge on any atom is -0.464 e. The Balaban J connectivity index is 0. The van der Waals surface area contributed by atoms with Crippen molar-refractivity contribution < 1.29 is 14.6 Å². The molecule has 0 amide bonds. The van der Waals surface area contributed by atoms with Crippen LogP contribution >= 0.6 is 0 Å². The molecule has 0 unspecified atom stereocenters. The lowest BCUT2D eigenvalue weighted by Crippen LogP contribution is -2.13. The van der Waals surface area contributed by atoms with Gasteiger partial charge in [-0.2, -0.15) is 0 Å². The number of nitrogens with one attached hydrogen (secondary N) is 1. The standard InChI is InChI=1S/C4H8O3.CH6N2/c1-2-7-4(6)3-5;1-3-2/h5H,2-3H2,1H3;3H,2H2,1H3. The van der Waals surface area contributed by atoms with Gasteiger partial charge in [-0.25, -0.2) is 4.79 Å². The summed E-state index contributed by atoms with van der Waals surface area (Å²) in [4.78, 5) is 9.94. The van der Waals surface area contributed by atoms with Gasteiger partial charge in [0, 0.05) is 0 Å². The largest absolute Gasteiger partial charge is 0.464 e. The fraction of sp³-hybridized carbons (Fsp3) is 0.800. The number of hydrazine groups is 1. The maximum absolute atomic E-state index is 9.94. The highest BCUT2D eigenvalue weighted by atomic mass is 16.5. The van der Waals surface area contributed by atoms with Crippen molar-refractivity contribution in [2.45, 2.75) is 6.92 Å². The number of hydrogen-bond donors (Lipinski definition) is 3. The molecule has 0 fully saturated rings. The van der Waals surface area contributed by atoms with E-state index in [1.807, 2.05) is 0 Å². The van der Waals surface area contributed by atoms with Crippen LogP contribution in [0.25, 0.3) is 0 Å². The van der Waals surface area contributed by atoms with Gasteiger partial charge < -0.3 is 9.84 Å². The van der Waals surface area contributed by atoms with Crippen molar-refractivity contribution in [3.63, 3.8) is 0 Å². The van der Waals surface area contributed by atoms with Gasteiger partial charge in [0.05, 0.1) is 6.61 Å². The summed E-state index contributed by atoms with van der Waals surface area (Å²) in [5, 5.41) is 7.99. The first-order valence-corrected chi connectivity index (χ1v) is 2.86. The number of nitrogens with two attached hydrogens (primary N) is 1. The summed E-state index contributed by atoms with van der Waals surface area (Å²) in [7, 11) is 1.65. The van der Waals surface area contributed by atoms with Crippen molar-refractivity contribution in [1.29, 1.82) is 0 Å². The molecule has 0 spiro atoms. The lowest BCUT2D eigenvalue weighted by atomic mass is 10.7. The quantitative estimate of drug-likeness (QED) is 0.257. The molecule has 4 N–H and O–H groups in total. The summed E-state index contributed by atoms with van der Waals surface area (Å²) >= 11 is 0. The molecule has 0 radical (unpaired) electrons. The SMILES string of the molecule is CCOC(=O)CO.CNN. The monoisotopic (exact) mass is 150 g/mol. The van der Waals surface area contributed by atoms with Crippen molar-refractivity contribution in [2.75, 3.05) is 20.3 Å². The second kappa shape index (κ2) is 11.2. The van der Waals surface area contributed by atoms with Crippen LogP contribution in [0.1, 0.15) is 6.92 Å². The van der Waals surface area contributed by atoms with Crippen LogP contribution < -0.4 is 11.3 Å². The molecule has 0 saturated carbocycles. The van der Waals surface area contributed by atoms with E-state index in [0.29, 0.717) is 6.61 Å². The number of hydrogen-bond acceptors (Lipinski definition) is 5. The van der Waals surface area contributed by atoms with Gasteiger partial charge >= 0.3 is 5.97 Å². The molecular weight excluding hydrogens is 136 g/mol. The van der Waals surface area contributed by atoms with Gasteiger partial charge in [0.25, 0.3) is 0 Å². The number of aliphatic hydroxyl groups excluding tert-OH is 1. The number of ether oxygens (including phenoxy) is 1.